The Morgan fingerprint density at radius 3 is 2.15 bits per heavy atom. The third-order valence-electron chi connectivity index (χ3n) is 10.8. The third kappa shape index (κ3) is 7.84. The van der Waals surface area contributed by atoms with Crippen LogP contribution in [0.1, 0.15) is 117 Å². The van der Waals surface area contributed by atoms with Crippen LogP contribution in [0.3, 0.4) is 0 Å². The number of unbranched alkanes of at least 4 members (excludes halogenated alkanes) is 2. The van der Waals surface area contributed by atoms with Crippen LogP contribution in [-0.2, 0) is 16.2 Å². The SMILES string of the molecule is CCCCCC(CC)Cn1c2ccc(/C(=N\OC(C)=O)c3ccccc3OC(C)CC)cc2c2cc(C(=O)c3c(C)cc(C)cc3C)c3ccccc3c21. The lowest BCUT2D eigenvalue weighted by atomic mass is 9.89. The molecular formula is C48H54N2O4. The highest BCUT2D eigenvalue weighted by atomic mass is 16.7. The fourth-order valence-electron chi connectivity index (χ4n) is 7.96. The van der Waals surface area contributed by atoms with Crippen LogP contribution in [0.5, 0.6) is 5.75 Å². The summed E-state index contributed by atoms with van der Waals surface area (Å²) in [5.41, 5.74) is 8.78. The minimum atomic E-state index is -0.504. The molecule has 0 amide bonds. The van der Waals surface area contributed by atoms with Crippen LogP contribution in [0.4, 0.5) is 0 Å². The van der Waals surface area contributed by atoms with E-state index < -0.39 is 5.97 Å². The van der Waals surface area contributed by atoms with Crippen molar-refractivity contribution in [3.63, 3.8) is 0 Å². The highest BCUT2D eigenvalue weighted by Crippen LogP contribution is 2.39. The van der Waals surface area contributed by atoms with Crippen molar-refractivity contribution in [1.29, 1.82) is 0 Å². The number of fused-ring (bicyclic) bond motifs is 5. The van der Waals surface area contributed by atoms with E-state index in [2.05, 4.69) is 92.0 Å². The number of benzene rings is 5. The second-order valence-corrected chi connectivity index (χ2v) is 14.9. The molecule has 0 N–H and O–H groups in total. The van der Waals surface area contributed by atoms with E-state index in [0.717, 1.165) is 91.8 Å². The molecule has 6 rings (SSSR count). The van der Waals surface area contributed by atoms with E-state index in [1.54, 1.807) is 0 Å². The Labute approximate surface area is 320 Å². The number of nitrogens with zero attached hydrogens (tertiary/aromatic N) is 2. The maximum atomic E-state index is 14.7. The van der Waals surface area contributed by atoms with Gasteiger partial charge in [0.25, 0.3) is 0 Å². The van der Waals surface area contributed by atoms with Gasteiger partial charge in [0.05, 0.1) is 11.6 Å². The zero-order valence-corrected chi connectivity index (χ0v) is 33.2. The molecule has 0 aliphatic carbocycles. The number of ether oxygens (including phenoxy) is 1. The van der Waals surface area contributed by atoms with Crippen molar-refractivity contribution in [2.24, 2.45) is 11.1 Å². The molecule has 0 radical (unpaired) electrons. The van der Waals surface area contributed by atoms with Crippen molar-refractivity contribution in [2.45, 2.75) is 107 Å². The lowest BCUT2D eigenvalue weighted by molar-refractivity contribution is -0.140. The first-order chi connectivity index (χ1) is 26.1. The number of rotatable bonds is 15. The lowest BCUT2D eigenvalue weighted by Gasteiger charge is -2.19. The molecule has 2 atom stereocenters. The molecule has 54 heavy (non-hydrogen) atoms. The smallest absolute Gasteiger partial charge is 0.332 e. The van der Waals surface area contributed by atoms with Crippen LogP contribution in [0.15, 0.2) is 90.1 Å². The number of carbonyl (C=O) groups excluding carboxylic acids is 2. The summed E-state index contributed by atoms with van der Waals surface area (Å²) in [6.45, 7) is 17.0. The second-order valence-electron chi connectivity index (χ2n) is 14.9. The molecule has 280 valence electrons. The maximum absolute atomic E-state index is 14.7. The number of aromatic nitrogens is 1. The molecule has 6 heteroatoms. The van der Waals surface area contributed by atoms with Crippen molar-refractivity contribution in [2.75, 3.05) is 0 Å². The van der Waals surface area contributed by atoms with Gasteiger partial charge in [-0.2, -0.15) is 0 Å². The van der Waals surface area contributed by atoms with E-state index in [9.17, 15) is 9.59 Å². The average Bonchev–Trinajstić information content (AvgIpc) is 3.46. The first-order valence-electron chi connectivity index (χ1n) is 19.7. The van der Waals surface area contributed by atoms with Crippen LogP contribution in [0.25, 0.3) is 32.6 Å². The van der Waals surface area contributed by atoms with Gasteiger partial charge >= 0.3 is 5.97 Å². The van der Waals surface area contributed by atoms with Crippen molar-refractivity contribution < 1.29 is 19.2 Å². The minimum absolute atomic E-state index is 0.0181. The monoisotopic (exact) mass is 722 g/mol. The molecule has 5 aromatic carbocycles. The summed E-state index contributed by atoms with van der Waals surface area (Å²) in [4.78, 5) is 32.2. The molecule has 0 saturated carbocycles. The molecule has 6 nitrogen and oxygen atoms in total. The van der Waals surface area contributed by atoms with E-state index in [4.69, 9.17) is 9.57 Å². The molecule has 0 aliphatic heterocycles. The summed E-state index contributed by atoms with van der Waals surface area (Å²) in [7, 11) is 0. The van der Waals surface area contributed by atoms with Crippen LogP contribution < -0.4 is 4.74 Å². The van der Waals surface area contributed by atoms with E-state index in [-0.39, 0.29) is 11.9 Å². The van der Waals surface area contributed by atoms with Gasteiger partial charge in [-0.15, -0.1) is 0 Å². The quantitative estimate of drug-likeness (QED) is 0.0348. The normalized spacial score (nSPS) is 13.1. The first-order valence-corrected chi connectivity index (χ1v) is 19.7. The van der Waals surface area contributed by atoms with Crippen LogP contribution in [0, 0.1) is 26.7 Å². The fraction of sp³-hybridized carbons (Fsp3) is 0.354. The van der Waals surface area contributed by atoms with Gasteiger partial charge in [-0.05, 0) is 93.3 Å². The maximum Gasteiger partial charge on any atom is 0.332 e. The summed E-state index contributed by atoms with van der Waals surface area (Å²) in [5.74, 6) is 0.689. The molecule has 0 spiro atoms. The zero-order valence-electron chi connectivity index (χ0n) is 33.2. The van der Waals surface area contributed by atoms with E-state index in [1.807, 2.05) is 51.1 Å². The Morgan fingerprint density at radius 1 is 0.759 bits per heavy atom. The van der Waals surface area contributed by atoms with Gasteiger partial charge in [-0.3, -0.25) is 4.79 Å². The number of ketones is 1. The van der Waals surface area contributed by atoms with Crippen LogP contribution in [0.2, 0.25) is 0 Å². The van der Waals surface area contributed by atoms with E-state index in [1.165, 1.54) is 26.2 Å². The Kier molecular flexibility index (Phi) is 12.0. The van der Waals surface area contributed by atoms with Gasteiger partial charge in [0, 0.05) is 57.4 Å². The first kappa shape index (κ1) is 38.5. The molecule has 1 aromatic heterocycles. The number of hydrogen-bond acceptors (Lipinski definition) is 5. The van der Waals surface area contributed by atoms with Gasteiger partial charge in [0.15, 0.2) is 5.78 Å². The summed E-state index contributed by atoms with van der Waals surface area (Å²) in [6, 6.07) is 28.8. The second kappa shape index (κ2) is 16.8. The van der Waals surface area contributed by atoms with Crippen molar-refractivity contribution in [1.82, 2.24) is 4.57 Å². The van der Waals surface area contributed by atoms with Crippen molar-refractivity contribution in [3.8, 4) is 5.75 Å². The lowest BCUT2D eigenvalue weighted by Crippen LogP contribution is -2.14. The number of para-hydroxylation sites is 1. The molecule has 2 unspecified atom stereocenters. The Bertz CT molecular complexity index is 2340. The summed E-state index contributed by atoms with van der Waals surface area (Å²) >= 11 is 0. The molecule has 1 heterocycles. The van der Waals surface area contributed by atoms with Gasteiger partial charge in [0.1, 0.15) is 11.5 Å². The minimum Gasteiger partial charge on any atom is -0.490 e. The number of hydrogen-bond donors (Lipinski definition) is 0. The number of carbonyl (C=O) groups is 2. The van der Waals surface area contributed by atoms with Crippen molar-refractivity contribution in [3.05, 3.63) is 124 Å². The van der Waals surface area contributed by atoms with E-state index >= 15 is 0 Å². The van der Waals surface area contributed by atoms with E-state index in [0.29, 0.717) is 22.9 Å². The number of aryl methyl sites for hydroxylation is 3. The predicted octanol–water partition coefficient (Wildman–Crippen LogP) is 12.2. The predicted molar refractivity (Wildman–Crippen MR) is 223 cm³/mol. The molecule has 0 saturated heterocycles. The molecule has 0 fully saturated rings. The largest absolute Gasteiger partial charge is 0.490 e. The number of oxime groups is 1. The highest BCUT2D eigenvalue weighted by Gasteiger charge is 2.25. The zero-order chi connectivity index (χ0) is 38.5. The summed E-state index contributed by atoms with van der Waals surface area (Å²) < 4.78 is 8.84. The Hall–Kier alpha value is -5.23. The topological polar surface area (TPSA) is 69.9 Å². The van der Waals surface area contributed by atoms with Gasteiger partial charge in [-0.1, -0.05) is 112 Å². The van der Waals surface area contributed by atoms with Gasteiger partial charge < -0.3 is 14.1 Å². The Morgan fingerprint density at radius 2 is 1.46 bits per heavy atom. The fourth-order valence-corrected chi connectivity index (χ4v) is 7.96. The van der Waals surface area contributed by atoms with Crippen molar-refractivity contribution >= 4 is 50.0 Å². The third-order valence-corrected chi connectivity index (χ3v) is 10.8. The molecular weight excluding hydrogens is 669 g/mol. The van der Waals surface area contributed by atoms with Crippen LogP contribution in [-0.4, -0.2) is 28.1 Å². The summed E-state index contributed by atoms with van der Waals surface area (Å²) in [6.07, 6.45) is 6.69. The molecule has 0 aliphatic rings. The standard InChI is InChI=1S/C48H54N2O4/c1-9-12-13-18-35(11-3)29-50-43-24-23-36(46(49-54-34(8)51)39-21-16-17-22-44(39)53-33(7)10-2)27-40(43)41-28-42(37-19-14-15-20-38(37)47(41)50)48(52)45-31(5)25-30(4)26-32(45)6/h14-17,19-28,33,35H,9-13,18,29H2,1-8H3/b49-46+. The molecule has 0 bridgehead atoms. The highest BCUT2D eigenvalue weighted by molar-refractivity contribution is 6.27. The average molecular weight is 723 g/mol. The summed E-state index contributed by atoms with van der Waals surface area (Å²) in [5, 5.41) is 8.47. The van der Waals surface area contributed by atoms with Gasteiger partial charge in [-0.25, -0.2) is 4.79 Å². The van der Waals surface area contributed by atoms with Gasteiger partial charge in [0.2, 0.25) is 0 Å². The molecule has 6 aromatic rings. The Balaban J connectivity index is 1.65. The van der Waals surface area contributed by atoms with Crippen LogP contribution >= 0.6 is 0 Å².